The number of nitrogens with zero attached hydrogens (tertiary/aromatic N) is 2. The summed E-state index contributed by atoms with van der Waals surface area (Å²) < 4.78 is 0. The smallest absolute Gasteiger partial charge is 0.0565 e. The lowest BCUT2D eigenvalue weighted by molar-refractivity contribution is 0.362. The zero-order valence-corrected chi connectivity index (χ0v) is 15.5. The summed E-state index contributed by atoms with van der Waals surface area (Å²) >= 11 is 0. The highest BCUT2D eigenvalue weighted by Gasteiger charge is 2.35. The summed E-state index contributed by atoms with van der Waals surface area (Å²) in [6.45, 7) is 2.10. The molecule has 4 heteroatoms. The number of nitrogens with one attached hydrogen (secondary N) is 2. The van der Waals surface area contributed by atoms with E-state index in [4.69, 9.17) is 0 Å². The Morgan fingerprint density at radius 3 is 2.35 bits per heavy atom. The van der Waals surface area contributed by atoms with Gasteiger partial charge in [0.25, 0.3) is 0 Å². The van der Waals surface area contributed by atoms with Crippen LogP contribution in [0.2, 0.25) is 0 Å². The number of piperidine rings is 1. The van der Waals surface area contributed by atoms with E-state index in [9.17, 15) is 0 Å². The van der Waals surface area contributed by atoms with E-state index in [0.29, 0.717) is 0 Å². The number of hydrogen-bond acceptors (Lipinski definition) is 3. The van der Waals surface area contributed by atoms with Gasteiger partial charge in [-0.3, -0.25) is 5.10 Å². The molecule has 0 unspecified atom stereocenters. The number of aromatic amines is 1. The van der Waals surface area contributed by atoms with Gasteiger partial charge in [-0.25, -0.2) is 0 Å². The van der Waals surface area contributed by atoms with E-state index < -0.39 is 0 Å². The molecule has 4 nitrogen and oxygen atoms in total. The lowest BCUT2D eigenvalue weighted by Crippen LogP contribution is -2.40. The number of benzene rings is 2. The Kier molecular flexibility index (Phi) is 4.51. The van der Waals surface area contributed by atoms with Crippen LogP contribution in [0, 0.1) is 0 Å². The molecule has 1 saturated heterocycles. The molecule has 2 N–H and O–H groups in total. The molecule has 1 aromatic heterocycles. The highest BCUT2D eigenvalue weighted by molar-refractivity contribution is 5.62. The fraction of sp³-hybridized carbons (Fsp3) is 0.318. The van der Waals surface area contributed by atoms with Crippen LogP contribution in [0.4, 0.5) is 5.69 Å². The molecule has 26 heavy (non-hydrogen) atoms. The molecule has 134 valence electrons. The molecule has 0 radical (unpaired) electrons. The zero-order chi connectivity index (χ0) is 18.0. The van der Waals surface area contributed by atoms with Crippen molar-refractivity contribution < 1.29 is 0 Å². The summed E-state index contributed by atoms with van der Waals surface area (Å²) in [6, 6.07) is 18.1. The summed E-state index contributed by atoms with van der Waals surface area (Å²) in [5, 5.41) is 10.5. The van der Waals surface area contributed by atoms with Crippen molar-refractivity contribution in [2.75, 3.05) is 32.1 Å². The summed E-state index contributed by atoms with van der Waals surface area (Å²) in [4.78, 5) is 2.18. The first kappa shape index (κ1) is 16.9. The van der Waals surface area contributed by atoms with Gasteiger partial charge in [-0.05, 0) is 54.8 Å². The summed E-state index contributed by atoms with van der Waals surface area (Å²) in [6.07, 6.45) is 6.05. The SMILES string of the molecule is CN(C)c1cccc(C2(c3ccc(-c4cn[nH]c4)cc3)CCNCC2)c1. The van der Waals surface area contributed by atoms with Crippen LogP contribution in [0.3, 0.4) is 0 Å². The van der Waals surface area contributed by atoms with Crippen molar-refractivity contribution in [2.24, 2.45) is 0 Å². The Morgan fingerprint density at radius 2 is 1.69 bits per heavy atom. The van der Waals surface area contributed by atoms with Crippen LogP contribution in [-0.2, 0) is 5.41 Å². The summed E-state index contributed by atoms with van der Waals surface area (Å²) in [7, 11) is 4.21. The molecule has 4 rings (SSSR count). The number of aromatic nitrogens is 2. The van der Waals surface area contributed by atoms with Crippen molar-refractivity contribution in [3.8, 4) is 11.1 Å². The minimum absolute atomic E-state index is 0.0756. The molecule has 2 aromatic carbocycles. The van der Waals surface area contributed by atoms with E-state index in [1.54, 1.807) is 0 Å². The zero-order valence-electron chi connectivity index (χ0n) is 15.5. The van der Waals surface area contributed by atoms with E-state index in [1.165, 1.54) is 22.4 Å². The molecule has 0 spiro atoms. The van der Waals surface area contributed by atoms with Crippen LogP contribution in [0.1, 0.15) is 24.0 Å². The lowest BCUT2D eigenvalue weighted by atomic mass is 9.68. The largest absolute Gasteiger partial charge is 0.378 e. The number of H-pyrrole nitrogens is 1. The molecule has 0 atom stereocenters. The van der Waals surface area contributed by atoms with Crippen molar-refractivity contribution in [1.82, 2.24) is 15.5 Å². The maximum Gasteiger partial charge on any atom is 0.0565 e. The Morgan fingerprint density at radius 1 is 0.923 bits per heavy atom. The molecule has 1 aliphatic heterocycles. The summed E-state index contributed by atoms with van der Waals surface area (Å²) in [5.74, 6) is 0. The van der Waals surface area contributed by atoms with Gasteiger partial charge in [-0.1, -0.05) is 36.4 Å². The minimum atomic E-state index is 0.0756. The molecule has 1 fully saturated rings. The molecule has 2 heterocycles. The number of hydrogen-bond donors (Lipinski definition) is 2. The second kappa shape index (κ2) is 6.96. The van der Waals surface area contributed by atoms with Crippen molar-refractivity contribution in [2.45, 2.75) is 18.3 Å². The molecule has 0 amide bonds. The van der Waals surface area contributed by atoms with E-state index in [0.717, 1.165) is 31.5 Å². The molecule has 1 aliphatic rings. The van der Waals surface area contributed by atoms with Gasteiger partial charge in [0, 0.05) is 37.0 Å². The molecular formula is C22H26N4. The van der Waals surface area contributed by atoms with Gasteiger partial charge in [0.15, 0.2) is 0 Å². The van der Waals surface area contributed by atoms with Gasteiger partial charge >= 0.3 is 0 Å². The Hall–Kier alpha value is -2.59. The van der Waals surface area contributed by atoms with Crippen molar-refractivity contribution in [1.29, 1.82) is 0 Å². The molecule has 3 aromatic rings. The quantitative estimate of drug-likeness (QED) is 0.755. The predicted octanol–water partition coefficient (Wildman–Crippen LogP) is 3.81. The fourth-order valence-electron chi connectivity index (χ4n) is 4.07. The van der Waals surface area contributed by atoms with E-state index in [1.807, 2.05) is 12.4 Å². The van der Waals surface area contributed by atoms with Gasteiger partial charge in [-0.15, -0.1) is 0 Å². The van der Waals surface area contributed by atoms with Crippen LogP contribution in [0.25, 0.3) is 11.1 Å². The lowest BCUT2D eigenvalue weighted by Gasteiger charge is -2.39. The normalized spacial score (nSPS) is 16.4. The first-order valence-corrected chi connectivity index (χ1v) is 9.27. The average Bonchev–Trinajstić information content (AvgIpc) is 3.23. The highest BCUT2D eigenvalue weighted by atomic mass is 15.1. The third-order valence-electron chi connectivity index (χ3n) is 5.64. The van der Waals surface area contributed by atoms with E-state index in [2.05, 4.69) is 83.0 Å². The third-order valence-corrected chi connectivity index (χ3v) is 5.64. The number of rotatable bonds is 4. The highest BCUT2D eigenvalue weighted by Crippen LogP contribution is 2.41. The first-order chi connectivity index (χ1) is 12.7. The first-order valence-electron chi connectivity index (χ1n) is 9.27. The molecule has 0 bridgehead atoms. The van der Waals surface area contributed by atoms with Crippen LogP contribution in [0.15, 0.2) is 60.9 Å². The fourth-order valence-corrected chi connectivity index (χ4v) is 4.07. The van der Waals surface area contributed by atoms with E-state index in [-0.39, 0.29) is 5.41 Å². The van der Waals surface area contributed by atoms with Gasteiger partial charge < -0.3 is 10.2 Å². The van der Waals surface area contributed by atoms with E-state index >= 15 is 0 Å². The van der Waals surface area contributed by atoms with Gasteiger partial charge in [0.2, 0.25) is 0 Å². The number of anilines is 1. The van der Waals surface area contributed by atoms with Crippen LogP contribution >= 0.6 is 0 Å². The Balaban J connectivity index is 1.76. The van der Waals surface area contributed by atoms with Gasteiger partial charge in [-0.2, -0.15) is 5.10 Å². The molecule has 0 saturated carbocycles. The predicted molar refractivity (Wildman–Crippen MR) is 108 cm³/mol. The monoisotopic (exact) mass is 346 g/mol. The van der Waals surface area contributed by atoms with Gasteiger partial charge in [0.1, 0.15) is 0 Å². The Bertz CT molecular complexity index is 844. The third kappa shape index (κ3) is 3.01. The molecule has 0 aliphatic carbocycles. The van der Waals surface area contributed by atoms with Crippen molar-refractivity contribution >= 4 is 5.69 Å². The van der Waals surface area contributed by atoms with Gasteiger partial charge in [0.05, 0.1) is 6.20 Å². The molecular weight excluding hydrogens is 320 g/mol. The standard InChI is InChI=1S/C22H26N4/c1-26(2)21-5-3-4-20(14-21)22(10-12-23-13-11-22)19-8-6-17(7-9-19)18-15-24-25-16-18/h3-9,14-16,23H,10-13H2,1-2H3,(H,24,25). The summed E-state index contributed by atoms with van der Waals surface area (Å²) in [5.41, 5.74) is 6.49. The Labute approximate surface area is 155 Å². The maximum atomic E-state index is 4.06. The van der Waals surface area contributed by atoms with Crippen LogP contribution in [-0.4, -0.2) is 37.4 Å². The second-order valence-electron chi connectivity index (χ2n) is 7.34. The maximum absolute atomic E-state index is 4.06. The van der Waals surface area contributed by atoms with Crippen molar-refractivity contribution in [3.05, 3.63) is 72.1 Å². The van der Waals surface area contributed by atoms with Crippen LogP contribution < -0.4 is 10.2 Å². The second-order valence-corrected chi connectivity index (χ2v) is 7.34. The average molecular weight is 346 g/mol. The van der Waals surface area contributed by atoms with Crippen molar-refractivity contribution in [3.63, 3.8) is 0 Å². The van der Waals surface area contributed by atoms with Crippen LogP contribution in [0.5, 0.6) is 0 Å². The topological polar surface area (TPSA) is 44.0 Å². The minimum Gasteiger partial charge on any atom is -0.378 e.